The highest BCUT2D eigenvalue weighted by atomic mass is 16.8. The van der Waals surface area contributed by atoms with E-state index in [0.717, 1.165) is 5.56 Å². The number of hydrogen-bond acceptors (Lipinski definition) is 8. The minimum absolute atomic E-state index is 0.268. The molecule has 2 saturated heterocycles. The van der Waals surface area contributed by atoms with Crippen molar-refractivity contribution in [1.82, 2.24) is 5.32 Å². The van der Waals surface area contributed by atoms with E-state index in [0.29, 0.717) is 0 Å². The maximum Gasteiger partial charge on any atom is 0.407 e. The summed E-state index contributed by atoms with van der Waals surface area (Å²) in [5.74, 6) is -1.55. The van der Waals surface area contributed by atoms with Gasteiger partial charge in [0.05, 0.1) is 20.8 Å². The molecule has 0 spiro atoms. The normalized spacial score (nSPS) is 29.0. The summed E-state index contributed by atoms with van der Waals surface area (Å²) in [5.41, 5.74) is 0.943. The Labute approximate surface area is 163 Å². The van der Waals surface area contributed by atoms with Gasteiger partial charge < -0.3 is 33.7 Å². The van der Waals surface area contributed by atoms with Gasteiger partial charge in [0.2, 0.25) is 0 Å². The van der Waals surface area contributed by atoms with Crippen molar-refractivity contribution in [1.29, 1.82) is 0 Å². The molecule has 0 aliphatic carbocycles. The molecule has 0 unspecified atom stereocenters. The third kappa shape index (κ3) is 4.44. The fraction of sp³-hybridized carbons (Fsp3) is 0.579. The zero-order chi connectivity index (χ0) is 20.3. The van der Waals surface area contributed by atoms with Crippen molar-refractivity contribution in [3.8, 4) is 0 Å². The number of esters is 1. The largest absolute Gasteiger partial charge is 0.467 e. The second-order valence-electron chi connectivity index (χ2n) is 6.97. The highest BCUT2D eigenvalue weighted by molar-refractivity contribution is 5.82. The maximum absolute atomic E-state index is 12.3. The number of alkyl carbamates (subject to hydrolysis) is 1. The first-order valence-electron chi connectivity index (χ1n) is 8.93. The standard InChI is InChI=1S/C19H25NO8/c1-19(2)27-15-14(25-10-11-8-6-5-7-9-11)13(26-17(15)28-19)12(16(21)23-3)20-18(22)24-4/h5-9,12-15,17H,10H2,1-4H3,(H,20,22)/t12-,13+,14-,15+,17+/m0/s1. The monoisotopic (exact) mass is 395 g/mol. The Balaban J connectivity index is 1.82. The number of benzene rings is 1. The van der Waals surface area contributed by atoms with Crippen molar-refractivity contribution < 1.29 is 38.0 Å². The average molecular weight is 395 g/mol. The molecule has 0 bridgehead atoms. The van der Waals surface area contributed by atoms with Crippen LogP contribution in [0.5, 0.6) is 0 Å². The van der Waals surface area contributed by atoms with Gasteiger partial charge in [-0.15, -0.1) is 0 Å². The molecule has 1 amide bonds. The molecular weight excluding hydrogens is 370 g/mol. The third-order valence-electron chi connectivity index (χ3n) is 4.55. The molecular formula is C19H25NO8. The Morgan fingerprint density at radius 3 is 2.50 bits per heavy atom. The summed E-state index contributed by atoms with van der Waals surface area (Å²) >= 11 is 0. The number of fused-ring (bicyclic) bond motifs is 1. The lowest BCUT2D eigenvalue weighted by atomic mass is 10.0. The van der Waals surface area contributed by atoms with E-state index in [9.17, 15) is 9.59 Å². The van der Waals surface area contributed by atoms with Gasteiger partial charge >= 0.3 is 12.1 Å². The summed E-state index contributed by atoms with van der Waals surface area (Å²) in [6.07, 6.45) is -3.68. The van der Waals surface area contributed by atoms with E-state index in [1.54, 1.807) is 13.8 Å². The van der Waals surface area contributed by atoms with Gasteiger partial charge in [-0.25, -0.2) is 9.59 Å². The molecule has 9 heteroatoms. The van der Waals surface area contributed by atoms with Crippen LogP contribution in [0.3, 0.4) is 0 Å². The second-order valence-corrected chi connectivity index (χ2v) is 6.97. The first-order chi connectivity index (χ1) is 13.3. The lowest BCUT2D eigenvalue weighted by Crippen LogP contribution is -2.54. The van der Waals surface area contributed by atoms with Crippen LogP contribution in [-0.2, 0) is 39.8 Å². The molecule has 0 saturated carbocycles. The summed E-state index contributed by atoms with van der Waals surface area (Å²) in [6, 6.07) is 8.40. The van der Waals surface area contributed by atoms with E-state index in [-0.39, 0.29) is 6.61 Å². The van der Waals surface area contributed by atoms with E-state index >= 15 is 0 Å². The highest BCUT2D eigenvalue weighted by Crippen LogP contribution is 2.40. The van der Waals surface area contributed by atoms with Crippen LogP contribution in [0.2, 0.25) is 0 Å². The minimum atomic E-state index is -1.15. The lowest BCUT2D eigenvalue weighted by Gasteiger charge is -2.29. The number of ether oxygens (including phenoxy) is 6. The fourth-order valence-electron chi connectivity index (χ4n) is 3.32. The molecule has 0 aromatic heterocycles. The van der Waals surface area contributed by atoms with Crippen molar-refractivity contribution in [3.05, 3.63) is 35.9 Å². The number of nitrogens with one attached hydrogen (secondary N) is 1. The molecule has 5 atom stereocenters. The number of rotatable bonds is 6. The van der Waals surface area contributed by atoms with Crippen LogP contribution in [-0.4, -0.2) is 62.7 Å². The van der Waals surface area contributed by atoms with Crippen molar-refractivity contribution in [2.75, 3.05) is 14.2 Å². The van der Waals surface area contributed by atoms with Crippen LogP contribution < -0.4 is 5.32 Å². The molecule has 1 aromatic rings. The van der Waals surface area contributed by atoms with Crippen molar-refractivity contribution in [2.24, 2.45) is 0 Å². The SMILES string of the molecule is COC(=O)N[C@H](C(=O)OC)[C@H]1O[C@@H]2OC(C)(C)O[C@@H]2[C@H]1OCc1ccccc1. The first-order valence-corrected chi connectivity index (χ1v) is 8.93. The quantitative estimate of drug-likeness (QED) is 0.720. The Hall–Kier alpha value is -2.20. The van der Waals surface area contributed by atoms with Crippen LogP contribution >= 0.6 is 0 Å². The van der Waals surface area contributed by atoms with E-state index in [2.05, 4.69) is 10.1 Å². The first kappa shape index (κ1) is 20.5. The predicted molar refractivity (Wildman–Crippen MR) is 95.1 cm³/mol. The number of carbonyl (C=O) groups excluding carboxylic acids is 2. The van der Waals surface area contributed by atoms with Crippen LogP contribution in [0.1, 0.15) is 19.4 Å². The topological polar surface area (TPSA) is 102 Å². The van der Waals surface area contributed by atoms with Gasteiger partial charge in [-0.2, -0.15) is 0 Å². The zero-order valence-corrected chi connectivity index (χ0v) is 16.2. The van der Waals surface area contributed by atoms with Gasteiger partial charge in [0.15, 0.2) is 18.1 Å². The van der Waals surface area contributed by atoms with Crippen LogP contribution in [0.4, 0.5) is 4.79 Å². The Kier molecular flexibility index (Phi) is 6.19. The molecule has 154 valence electrons. The maximum atomic E-state index is 12.3. The lowest BCUT2D eigenvalue weighted by molar-refractivity contribution is -0.223. The molecule has 3 rings (SSSR count). The molecule has 2 aliphatic rings. The summed E-state index contributed by atoms with van der Waals surface area (Å²) in [7, 11) is 2.42. The predicted octanol–water partition coefficient (Wildman–Crippen LogP) is 1.35. The Morgan fingerprint density at radius 2 is 1.86 bits per heavy atom. The van der Waals surface area contributed by atoms with Gasteiger partial charge in [-0.05, 0) is 19.4 Å². The van der Waals surface area contributed by atoms with Gasteiger partial charge in [-0.1, -0.05) is 30.3 Å². The second kappa shape index (κ2) is 8.44. The number of amides is 1. The molecule has 28 heavy (non-hydrogen) atoms. The van der Waals surface area contributed by atoms with E-state index in [1.807, 2.05) is 30.3 Å². The van der Waals surface area contributed by atoms with Gasteiger partial charge in [0.1, 0.15) is 18.3 Å². The molecule has 2 heterocycles. The molecule has 2 fully saturated rings. The summed E-state index contributed by atoms with van der Waals surface area (Å²) in [6.45, 7) is 3.80. The van der Waals surface area contributed by atoms with E-state index < -0.39 is 48.5 Å². The Morgan fingerprint density at radius 1 is 1.14 bits per heavy atom. The fourth-order valence-corrected chi connectivity index (χ4v) is 3.32. The summed E-state index contributed by atoms with van der Waals surface area (Å²) in [5, 5.41) is 2.45. The van der Waals surface area contributed by atoms with Crippen molar-refractivity contribution in [2.45, 2.75) is 56.9 Å². The smallest absolute Gasteiger partial charge is 0.407 e. The van der Waals surface area contributed by atoms with Gasteiger partial charge in [0, 0.05) is 0 Å². The third-order valence-corrected chi connectivity index (χ3v) is 4.55. The van der Waals surface area contributed by atoms with Gasteiger partial charge in [0.25, 0.3) is 0 Å². The number of hydrogen-bond donors (Lipinski definition) is 1. The molecule has 0 radical (unpaired) electrons. The van der Waals surface area contributed by atoms with Gasteiger partial charge in [-0.3, -0.25) is 0 Å². The average Bonchev–Trinajstić information content (AvgIpc) is 3.15. The zero-order valence-electron chi connectivity index (χ0n) is 16.2. The van der Waals surface area contributed by atoms with E-state index in [4.69, 9.17) is 23.7 Å². The highest BCUT2D eigenvalue weighted by Gasteiger charge is 2.58. The molecule has 1 aromatic carbocycles. The van der Waals surface area contributed by atoms with Crippen LogP contribution in [0, 0.1) is 0 Å². The van der Waals surface area contributed by atoms with Crippen molar-refractivity contribution >= 4 is 12.1 Å². The minimum Gasteiger partial charge on any atom is -0.467 e. The van der Waals surface area contributed by atoms with E-state index in [1.165, 1.54) is 14.2 Å². The van der Waals surface area contributed by atoms with Crippen LogP contribution in [0.25, 0.3) is 0 Å². The van der Waals surface area contributed by atoms with Crippen molar-refractivity contribution in [3.63, 3.8) is 0 Å². The number of carbonyl (C=O) groups is 2. The molecule has 1 N–H and O–H groups in total. The summed E-state index contributed by atoms with van der Waals surface area (Å²) in [4.78, 5) is 24.0. The molecule has 2 aliphatic heterocycles. The van der Waals surface area contributed by atoms with Crippen LogP contribution in [0.15, 0.2) is 30.3 Å². The summed E-state index contributed by atoms with van der Waals surface area (Å²) < 4.78 is 33.1. The number of methoxy groups -OCH3 is 2. The Bertz CT molecular complexity index is 694. The molecule has 9 nitrogen and oxygen atoms in total.